The molecule has 0 saturated heterocycles. The van der Waals surface area contributed by atoms with E-state index in [2.05, 4.69) is 0 Å². The van der Waals surface area contributed by atoms with Crippen LogP contribution in [0.3, 0.4) is 0 Å². The zero-order valence-corrected chi connectivity index (χ0v) is 9.88. The zero-order chi connectivity index (χ0) is 11.5. The fourth-order valence-electron chi connectivity index (χ4n) is 2.45. The molecule has 16 heavy (non-hydrogen) atoms. The minimum Gasteiger partial charge on any atom is -0.388 e. The Labute approximate surface area is 100 Å². The summed E-state index contributed by atoms with van der Waals surface area (Å²) in [6.07, 6.45) is 4.73. The smallest absolute Gasteiger partial charge is 0.129 e. The van der Waals surface area contributed by atoms with Crippen molar-refractivity contribution in [1.29, 1.82) is 0 Å². The molecule has 0 aliphatic heterocycles. The Balaban J connectivity index is 2.18. The van der Waals surface area contributed by atoms with Crippen molar-refractivity contribution in [2.24, 2.45) is 5.92 Å². The van der Waals surface area contributed by atoms with Gasteiger partial charge in [-0.15, -0.1) is 0 Å². The fourth-order valence-corrected chi connectivity index (χ4v) is 2.63. The van der Waals surface area contributed by atoms with Crippen LogP contribution in [0.5, 0.6) is 0 Å². The molecule has 1 atom stereocenters. The average Bonchev–Trinajstić information content (AvgIpc) is 2.32. The third kappa shape index (κ3) is 2.55. The van der Waals surface area contributed by atoms with Gasteiger partial charge in [0.1, 0.15) is 5.82 Å². The first-order valence-electron chi connectivity index (χ1n) is 5.81. The lowest BCUT2D eigenvalue weighted by molar-refractivity contribution is 0.0816. The van der Waals surface area contributed by atoms with Crippen molar-refractivity contribution in [3.8, 4) is 0 Å². The van der Waals surface area contributed by atoms with E-state index in [-0.39, 0.29) is 11.7 Å². The van der Waals surface area contributed by atoms with Gasteiger partial charge >= 0.3 is 0 Å². The molecule has 1 aromatic rings. The average molecular weight is 243 g/mol. The minimum absolute atomic E-state index is 0.182. The van der Waals surface area contributed by atoms with E-state index in [4.69, 9.17) is 11.6 Å². The number of aliphatic hydroxyl groups excluding tert-OH is 1. The number of hydrogen-bond donors (Lipinski definition) is 1. The van der Waals surface area contributed by atoms with Crippen molar-refractivity contribution in [2.75, 3.05) is 0 Å². The van der Waals surface area contributed by atoms with Gasteiger partial charge in [-0.3, -0.25) is 0 Å². The van der Waals surface area contributed by atoms with Gasteiger partial charge in [0.15, 0.2) is 0 Å². The molecular weight excluding hydrogens is 227 g/mol. The van der Waals surface area contributed by atoms with Crippen molar-refractivity contribution >= 4 is 11.6 Å². The van der Waals surface area contributed by atoms with E-state index in [9.17, 15) is 9.50 Å². The van der Waals surface area contributed by atoms with E-state index in [0.717, 1.165) is 25.7 Å². The predicted molar refractivity (Wildman–Crippen MR) is 62.9 cm³/mol. The van der Waals surface area contributed by atoms with Crippen molar-refractivity contribution in [2.45, 2.75) is 38.2 Å². The molecule has 88 valence electrons. The van der Waals surface area contributed by atoms with Crippen molar-refractivity contribution < 1.29 is 9.50 Å². The van der Waals surface area contributed by atoms with E-state index >= 15 is 0 Å². The molecule has 1 nitrogen and oxygen atoms in total. The van der Waals surface area contributed by atoms with Crippen LogP contribution in [0.1, 0.15) is 43.8 Å². The van der Waals surface area contributed by atoms with Gasteiger partial charge in [-0.25, -0.2) is 4.39 Å². The second-order valence-corrected chi connectivity index (χ2v) is 4.95. The van der Waals surface area contributed by atoms with Gasteiger partial charge in [0, 0.05) is 10.6 Å². The van der Waals surface area contributed by atoms with Gasteiger partial charge < -0.3 is 5.11 Å². The highest BCUT2D eigenvalue weighted by Crippen LogP contribution is 2.35. The summed E-state index contributed by atoms with van der Waals surface area (Å²) >= 11 is 5.82. The highest BCUT2D eigenvalue weighted by atomic mass is 35.5. The second-order valence-electron chi connectivity index (χ2n) is 4.51. The summed E-state index contributed by atoms with van der Waals surface area (Å²) in [6, 6.07) is 4.37. The molecule has 1 aliphatic carbocycles. The molecule has 1 fully saturated rings. The van der Waals surface area contributed by atoms with E-state index in [1.807, 2.05) is 0 Å². The maximum atomic E-state index is 13.6. The van der Waals surface area contributed by atoms with Gasteiger partial charge in [0.2, 0.25) is 0 Å². The van der Waals surface area contributed by atoms with Crippen LogP contribution >= 0.6 is 11.6 Å². The van der Waals surface area contributed by atoms with Gasteiger partial charge in [0.05, 0.1) is 6.10 Å². The van der Waals surface area contributed by atoms with Crippen LogP contribution in [0.4, 0.5) is 4.39 Å². The Hall–Kier alpha value is -0.600. The summed E-state index contributed by atoms with van der Waals surface area (Å²) in [6.45, 7) is 0. The summed E-state index contributed by atoms with van der Waals surface area (Å²) < 4.78 is 13.6. The third-order valence-electron chi connectivity index (χ3n) is 3.37. The van der Waals surface area contributed by atoms with Crippen LogP contribution < -0.4 is 0 Å². The van der Waals surface area contributed by atoms with Gasteiger partial charge in [0.25, 0.3) is 0 Å². The molecule has 1 aromatic carbocycles. The number of halogens is 2. The first-order valence-corrected chi connectivity index (χ1v) is 6.19. The Morgan fingerprint density at radius 1 is 1.25 bits per heavy atom. The Morgan fingerprint density at radius 3 is 2.62 bits per heavy atom. The first kappa shape index (κ1) is 11.9. The zero-order valence-electron chi connectivity index (χ0n) is 9.13. The predicted octanol–water partition coefficient (Wildman–Crippen LogP) is 4.09. The molecule has 0 spiro atoms. The maximum absolute atomic E-state index is 13.6. The SMILES string of the molecule is OC(c1cc(Cl)ccc1F)C1CCCCC1. The Morgan fingerprint density at radius 2 is 1.94 bits per heavy atom. The van der Waals surface area contributed by atoms with Gasteiger partial charge in [-0.05, 0) is 37.0 Å². The molecule has 0 bridgehead atoms. The highest BCUT2D eigenvalue weighted by Gasteiger charge is 2.25. The number of aliphatic hydroxyl groups is 1. The van der Waals surface area contributed by atoms with Crippen LogP contribution in [0.15, 0.2) is 18.2 Å². The van der Waals surface area contributed by atoms with Gasteiger partial charge in [-0.2, -0.15) is 0 Å². The summed E-state index contributed by atoms with van der Waals surface area (Å²) in [5.41, 5.74) is 0.347. The molecule has 0 amide bonds. The normalized spacial score (nSPS) is 19.7. The molecule has 2 rings (SSSR count). The quantitative estimate of drug-likeness (QED) is 0.828. The fraction of sp³-hybridized carbons (Fsp3) is 0.538. The van der Waals surface area contributed by atoms with Crippen molar-refractivity contribution in [1.82, 2.24) is 0 Å². The van der Waals surface area contributed by atoms with E-state index in [1.54, 1.807) is 0 Å². The topological polar surface area (TPSA) is 20.2 Å². The first-order chi connectivity index (χ1) is 7.68. The number of benzene rings is 1. The molecule has 0 heterocycles. The Kier molecular flexibility index (Phi) is 3.82. The monoisotopic (exact) mass is 242 g/mol. The lowest BCUT2D eigenvalue weighted by Crippen LogP contribution is -2.17. The molecule has 0 radical (unpaired) electrons. The lowest BCUT2D eigenvalue weighted by atomic mass is 9.82. The van der Waals surface area contributed by atoms with E-state index in [0.29, 0.717) is 10.6 Å². The lowest BCUT2D eigenvalue weighted by Gasteiger charge is -2.27. The van der Waals surface area contributed by atoms with Crippen LogP contribution in [0.2, 0.25) is 5.02 Å². The van der Waals surface area contributed by atoms with Gasteiger partial charge in [-0.1, -0.05) is 30.9 Å². The molecule has 1 unspecified atom stereocenters. The Bertz CT molecular complexity index is 361. The summed E-state index contributed by atoms with van der Waals surface area (Å²) in [4.78, 5) is 0. The second kappa shape index (κ2) is 5.15. The summed E-state index contributed by atoms with van der Waals surface area (Å²) in [5.74, 6) is -0.177. The molecule has 0 aromatic heterocycles. The van der Waals surface area contributed by atoms with Crippen LogP contribution in [0.25, 0.3) is 0 Å². The highest BCUT2D eigenvalue weighted by molar-refractivity contribution is 6.30. The third-order valence-corrected chi connectivity index (χ3v) is 3.61. The standard InChI is InChI=1S/C13H16ClFO/c14-10-6-7-12(15)11(8-10)13(16)9-4-2-1-3-5-9/h6-9,13,16H,1-5H2. The molecule has 1 aliphatic rings. The largest absolute Gasteiger partial charge is 0.388 e. The van der Waals surface area contributed by atoms with Crippen LogP contribution in [-0.2, 0) is 0 Å². The molecule has 1 N–H and O–H groups in total. The molecular formula is C13H16ClFO. The number of hydrogen-bond acceptors (Lipinski definition) is 1. The van der Waals surface area contributed by atoms with Crippen LogP contribution in [-0.4, -0.2) is 5.11 Å². The molecule has 1 saturated carbocycles. The van der Waals surface area contributed by atoms with Crippen molar-refractivity contribution in [3.63, 3.8) is 0 Å². The van der Waals surface area contributed by atoms with E-state index in [1.165, 1.54) is 24.6 Å². The maximum Gasteiger partial charge on any atom is 0.129 e. The van der Waals surface area contributed by atoms with Crippen molar-refractivity contribution in [3.05, 3.63) is 34.6 Å². The summed E-state index contributed by atoms with van der Waals surface area (Å²) in [5, 5.41) is 10.6. The van der Waals surface area contributed by atoms with Crippen LogP contribution in [0, 0.1) is 11.7 Å². The number of rotatable bonds is 2. The summed E-state index contributed by atoms with van der Waals surface area (Å²) in [7, 11) is 0. The minimum atomic E-state index is -0.709. The van der Waals surface area contributed by atoms with E-state index < -0.39 is 6.10 Å². The molecule has 3 heteroatoms.